The van der Waals surface area contributed by atoms with Crippen molar-refractivity contribution < 1.29 is 13.2 Å². The molecule has 0 saturated heterocycles. The Morgan fingerprint density at radius 2 is 1.92 bits per heavy atom. The van der Waals surface area contributed by atoms with Crippen LogP contribution in [-0.2, 0) is 21.1 Å². The van der Waals surface area contributed by atoms with Crippen molar-refractivity contribution in [2.45, 2.75) is 11.3 Å². The van der Waals surface area contributed by atoms with Gasteiger partial charge in [-0.3, -0.25) is 9.78 Å². The van der Waals surface area contributed by atoms with Gasteiger partial charge in [0.05, 0.1) is 28.9 Å². The number of carbonyl (C=O) groups excluding carboxylic acids is 1. The molecule has 0 fully saturated rings. The summed E-state index contributed by atoms with van der Waals surface area (Å²) in [6.45, 7) is 0. The molecule has 2 N–H and O–H groups in total. The van der Waals surface area contributed by atoms with E-state index in [4.69, 9.17) is 0 Å². The number of anilines is 3. The molecular formula is C17H16N4O3S2. The molecule has 0 radical (unpaired) electrons. The second kappa shape index (κ2) is 7.63. The predicted molar refractivity (Wildman–Crippen MR) is 102 cm³/mol. The van der Waals surface area contributed by atoms with E-state index in [2.05, 4.69) is 20.6 Å². The number of carbonyl (C=O) groups is 1. The van der Waals surface area contributed by atoms with Gasteiger partial charge in [-0.25, -0.2) is 13.4 Å². The minimum absolute atomic E-state index is 0.153. The molecule has 0 aliphatic carbocycles. The fourth-order valence-corrected chi connectivity index (χ4v) is 3.52. The molecule has 0 atom stereocenters. The number of hydrogen-bond donors (Lipinski definition) is 2. The predicted octanol–water partition coefficient (Wildman–Crippen LogP) is 2.87. The van der Waals surface area contributed by atoms with E-state index in [0.717, 1.165) is 5.69 Å². The molecule has 0 aliphatic heterocycles. The smallest absolute Gasteiger partial charge is 0.230 e. The molecule has 7 nitrogen and oxygen atoms in total. The molecule has 0 saturated carbocycles. The topological polar surface area (TPSA) is 101 Å². The van der Waals surface area contributed by atoms with Crippen LogP contribution in [0.5, 0.6) is 0 Å². The van der Waals surface area contributed by atoms with Crippen LogP contribution in [0.1, 0.15) is 5.69 Å². The number of pyridine rings is 1. The summed E-state index contributed by atoms with van der Waals surface area (Å²) in [6, 6.07) is 9.93. The lowest BCUT2D eigenvalue weighted by Gasteiger charge is -2.04. The van der Waals surface area contributed by atoms with E-state index in [0.29, 0.717) is 16.5 Å². The minimum Gasteiger partial charge on any atom is -0.332 e. The average molecular weight is 388 g/mol. The third-order valence-electron chi connectivity index (χ3n) is 3.37. The van der Waals surface area contributed by atoms with Crippen molar-refractivity contribution in [3.8, 4) is 0 Å². The largest absolute Gasteiger partial charge is 0.332 e. The Bertz CT molecular complexity index is 1000. The zero-order chi connectivity index (χ0) is 18.6. The van der Waals surface area contributed by atoms with Crippen LogP contribution in [-0.4, -0.2) is 30.5 Å². The van der Waals surface area contributed by atoms with Crippen LogP contribution in [0.3, 0.4) is 0 Å². The number of nitrogens with one attached hydrogen (secondary N) is 2. The maximum atomic E-state index is 12.0. The Balaban J connectivity index is 1.60. The molecule has 0 unspecified atom stereocenters. The number of rotatable bonds is 6. The van der Waals surface area contributed by atoms with E-state index in [1.54, 1.807) is 42.0 Å². The first-order chi connectivity index (χ1) is 12.4. The molecule has 2 aromatic heterocycles. The van der Waals surface area contributed by atoms with E-state index in [1.165, 1.54) is 29.7 Å². The number of thiazole rings is 1. The standard InChI is InChI=1S/C17H16N4O3S2/c1-26(23,24)15-6-4-12(5-7-15)20-17-21-14(11-25-17)9-16(22)19-13-3-2-8-18-10-13/h2-8,10-11H,9H2,1H3,(H,19,22)(H,20,21). The quantitative estimate of drug-likeness (QED) is 0.673. The molecular weight excluding hydrogens is 372 g/mol. The van der Waals surface area contributed by atoms with E-state index in [1.807, 2.05) is 0 Å². The maximum Gasteiger partial charge on any atom is 0.230 e. The van der Waals surface area contributed by atoms with Crippen LogP contribution < -0.4 is 10.6 Å². The molecule has 3 rings (SSSR count). The Morgan fingerprint density at radius 1 is 1.15 bits per heavy atom. The highest BCUT2D eigenvalue weighted by atomic mass is 32.2. The van der Waals surface area contributed by atoms with E-state index in [9.17, 15) is 13.2 Å². The molecule has 26 heavy (non-hydrogen) atoms. The lowest BCUT2D eigenvalue weighted by atomic mass is 10.3. The highest BCUT2D eigenvalue weighted by Gasteiger charge is 2.10. The van der Waals surface area contributed by atoms with Gasteiger partial charge in [-0.1, -0.05) is 0 Å². The second-order valence-corrected chi connectivity index (χ2v) is 8.41. The van der Waals surface area contributed by atoms with Crippen molar-refractivity contribution in [2.75, 3.05) is 16.9 Å². The first-order valence-electron chi connectivity index (χ1n) is 7.61. The van der Waals surface area contributed by atoms with Gasteiger partial charge < -0.3 is 10.6 Å². The van der Waals surface area contributed by atoms with Crippen molar-refractivity contribution in [3.63, 3.8) is 0 Å². The van der Waals surface area contributed by atoms with Crippen LogP contribution in [0.2, 0.25) is 0 Å². The zero-order valence-electron chi connectivity index (χ0n) is 13.8. The molecule has 0 spiro atoms. The van der Waals surface area contributed by atoms with Gasteiger partial charge in [0.15, 0.2) is 15.0 Å². The van der Waals surface area contributed by atoms with Gasteiger partial charge in [0.25, 0.3) is 0 Å². The first-order valence-corrected chi connectivity index (χ1v) is 10.4. The summed E-state index contributed by atoms with van der Waals surface area (Å²) in [5, 5.41) is 8.28. The van der Waals surface area contributed by atoms with Gasteiger partial charge in [0, 0.05) is 23.5 Å². The molecule has 9 heteroatoms. The van der Waals surface area contributed by atoms with Crippen molar-refractivity contribution in [1.82, 2.24) is 9.97 Å². The molecule has 2 heterocycles. The lowest BCUT2D eigenvalue weighted by molar-refractivity contribution is -0.115. The molecule has 1 amide bonds. The van der Waals surface area contributed by atoms with Crippen molar-refractivity contribution >= 4 is 43.6 Å². The second-order valence-electron chi connectivity index (χ2n) is 5.53. The zero-order valence-corrected chi connectivity index (χ0v) is 15.5. The van der Waals surface area contributed by atoms with Crippen LogP contribution in [0.4, 0.5) is 16.5 Å². The molecule has 1 aromatic carbocycles. The van der Waals surface area contributed by atoms with Gasteiger partial charge in [-0.2, -0.15) is 0 Å². The summed E-state index contributed by atoms with van der Waals surface area (Å²) in [5.41, 5.74) is 2.00. The van der Waals surface area contributed by atoms with Gasteiger partial charge in [-0.15, -0.1) is 11.3 Å². The maximum absolute atomic E-state index is 12.0. The fourth-order valence-electron chi connectivity index (χ4n) is 2.16. The number of nitrogens with zero attached hydrogens (tertiary/aromatic N) is 2. The van der Waals surface area contributed by atoms with Gasteiger partial charge in [0.1, 0.15) is 0 Å². The van der Waals surface area contributed by atoms with E-state index < -0.39 is 9.84 Å². The number of sulfone groups is 1. The summed E-state index contributed by atoms with van der Waals surface area (Å²) in [6.07, 6.45) is 4.53. The summed E-state index contributed by atoms with van der Waals surface area (Å²) >= 11 is 1.37. The Kier molecular flexibility index (Phi) is 5.29. The Hall–Kier alpha value is -2.78. The van der Waals surface area contributed by atoms with Crippen LogP contribution in [0.15, 0.2) is 59.1 Å². The van der Waals surface area contributed by atoms with Crippen molar-refractivity contribution in [1.29, 1.82) is 0 Å². The van der Waals surface area contributed by atoms with Crippen LogP contribution >= 0.6 is 11.3 Å². The highest BCUT2D eigenvalue weighted by molar-refractivity contribution is 7.90. The van der Waals surface area contributed by atoms with E-state index in [-0.39, 0.29) is 17.2 Å². The summed E-state index contributed by atoms with van der Waals surface area (Å²) in [7, 11) is -3.22. The lowest BCUT2D eigenvalue weighted by Crippen LogP contribution is -2.14. The molecule has 3 aromatic rings. The summed E-state index contributed by atoms with van der Waals surface area (Å²) in [4.78, 5) is 20.6. The van der Waals surface area contributed by atoms with E-state index >= 15 is 0 Å². The number of aromatic nitrogens is 2. The third kappa shape index (κ3) is 4.87. The molecule has 0 aliphatic rings. The monoisotopic (exact) mass is 388 g/mol. The van der Waals surface area contributed by atoms with Crippen LogP contribution in [0, 0.1) is 0 Å². The molecule has 134 valence electrons. The Morgan fingerprint density at radius 3 is 2.58 bits per heavy atom. The SMILES string of the molecule is CS(=O)(=O)c1ccc(Nc2nc(CC(=O)Nc3cccnc3)cs2)cc1. The number of amides is 1. The first kappa shape index (κ1) is 18.0. The van der Waals surface area contributed by atoms with Gasteiger partial charge >= 0.3 is 0 Å². The minimum atomic E-state index is -3.22. The normalized spacial score (nSPS) is 11.1. The third-order valence-corrected chi connectivity index (χ3v) is 5.31. The Labute approximate surface area is 155 Å². The fraction of sp³-hybridized carbons (Fsp3) is 0.118. The van der Waals surface area contributed by atoms with Crippen molar-refractivity contribution in [3.05, 3.63) is 59.9 Å². The summed E-state index contributed by atoms with van der Waals surface area (Å²) < 4.78 is 22.9. The average Bonchev–Trinajstić information content (AvgIpc) is 3.02. The summed E-state index contributed by atoms with van der Waals surface area (Å²) in [5.74, 6) is -0.174. The van der Waals surface area contributed by atoms with Gasteiger partial charge in [0.2, 0.25) is 5.91 Å². The number of benzene rings is 1. The number of hydrogen-bond acceptors (Lipinski definition) is 7. The molecule has 0 bridgehead atoms. The van der Waals surface area contributed by atoms with Crippen LogP contribution in [0.25, 0.3) is 0 Å². The highest BCUT2D eigenvalue weighted by Crippen LogP contribution is 2.22. The van der Waals surface area contributed by atoms with Crippen molar-refractivity contribution in [2.24, 2.45) is 0 Å². The van der Waals surface area contributed by atoms with Gasteiger partial charge in [-0.05, 0) is 36.4 Å².